The zero-order chi connectivity index (χ0) is 14.1. The molecule has 0 atom stereocenters. The van der Waals surface area contributed by atoms with Gasteiger partial charge >= 0.3 is 7.12 Å². The van der Waals surface area contributed by atoms with Gasteiger partial charge in [-0.25, -0.2) is 4.39 Å². The molecule has 0 unspecified atom stereocenters. The van der Waals surface area contributed by atoms with Gasteiger partial charge < -0.3 is 14.9 Å². The van der Waals surface area contributed by atoms with Gasteiger partial charge in [-0.15, -0.1) is 0 Å². The highest BCUT2D eigenvalue weighted by Gasteiger charge is 2.20. The molecule has 2 N–H and O–H groups in total. The van der Waals surface area contributed by atoms with Gasteiger partial charge in [0.1, 0.15) is 5.82 Å². The second kappa shape index (κ2) is 5.27. The molecule has 0 saturated heterocycles. The molecule has 0 bridgehead atoms. The average Bonchev–Trinajstić information content (AvgIpc) is 2.84. The zero-order valence-electron chi connectivity index (χ0n) is 11.0. The van der Waals surface area contributed by atoms with Crippen LogP contribution in [0, 0.1) is 5.82 Å². The van der Waals surface area contributed by atoms with E-state index in [9.17, 15) is 4.39 Å². The first kappa shape index (κ1) is 13.2. The predicted octanol–water partition coefficient (Wildman–Crippen LogP) is 1.07. The van der Waals surface area contributed by atoms with Crippen molar-refractivity contribution in [3.63, 3.8) is 0 Å². The van der Waals surface area contributed by atoms with Crippen LogP contribution in [0.2, 0.25) is 0 Å². The quantitative estimate of drug-likeness (QED) is 0.821. The molecule has 0 saturated carbocycles. The van der Waals surface area contributed by atoms with Crippen LogP contribution in [-0.2, 0) is 13.0 Å². The molecule has 2 aromatic rings. The molecule has 0 aliphatic carbocycles. The number of hydrogen-bond acceptors (Lipinski definition) is 3. The fraction of sp³-hybridized carbons (Fsp3) is 0.200. The molecule has 0 aromatic heterocycles. The van der Waals surface area contributed by atoms with Gasteiger partial charge in [0, 0.05) is 24.2 Å². The Kier molecular flexibility index (Phi) is 3.46. The summed E-state index contributed by atoms with van der Waals surface area (Å²) in [5, 5.41) is 18.3. The summed E-state index contributed by atoms with van der Waals surface area (Å²) < 4.78 is 13.4. The summed E-state index contributed by atoms with van der Waals surface area (Å²) in [4.78, 5) is 2.22. The van der Waals surface area contributed by atoms with Crippen LogP contribution in [-0.4, -0.2) is 23.7 Å². The third-order valence-electron chi connectivity index (χ3n) is 3.70. The lowest BCUT2D eigenvalue weighted by Crippen LogP contribution is -2.33. The fourth-order valence-corrected chi connectivity index (χ4v) is 2.68. The zero-order valence-corrected chi connectivity index (χ0v) is 11.0. The van der Waals surface area contributed by atoms with Crippen molar-refractivity contribution in [1.29, 1.82) is 0 Å². The van der Waals surface area contributed by atoms with Crippen LogP contribution < -0.4 is 10.4 Å². The van der Waals surface area contributed by atoms with Crippen LogP contribution in [0.25, 0.3) is 0 Å². The number of rotatable bonds is 3. The van der Waals surface area contributed by atoms with Crippen molar-refractivity contribution in [3.8, 4) is 0 Å². The van der Waals surface area contributed by atoms with Gasteiger partial charge in [-0.05, 0) is 29.7 Å². The highest BCUT2D eigenvalue weighted by atomic mass is 19.1. The molecule has 0 amide bonds. The highest BCUT2D eigenvalue weighted by Crippen LogP contribution is 2.28. The summed E-state index contributed by atoms with van der Waals surface area (Å²) in [6.45, 7) is 1.56. The van der Waals surface area contributed by atoms with Gasteiger partial charge in [-0.2, -0.15) is 0 Å². The minimum atomic E-state index is -1.78. The number of fused-ring (bicyclic) bond motifs is 1. The number of hydrogen-bond donors (Lipinski definition) is 2. The number of benzene rings is 2. The van der Waals surface area contributed by atoms with E-state index in [0.717, 1.165) is 18.5 Å². The summed E-state index contributed by atoms with van der Waals surface area (Å²) in [5.41, 5.74) is 3.31. The van der Waals surface area contributed by atoms with E-state index in [-0.39, 0.29) is 5.46 Å². The van der Waals surface area contributed by atoms with Gasteiger partial charge in [-0.1, -0.05) is 30.3 Å². The minimum Gasteiger partial charge on any atom is -0.423 e. The van der Waals surface area contributed by atoms with Gasteiger partial charge in [0.05, 0.1) is 0 Å². The van der Waals surface area contributed by atoms with Crippen molar-refractivity contribution < 1.29 is 14.4 Å². The van der Waals surface area contributed by atoms with E-state index in [2.05, 4.69) is 17.0 Å². The van der Waals surface area contributed by atoms with E-state index < -0.39 is 12.9 Å². The molecule has 102 valence electrons. The summed E-state index contributed by atoms with van der Waals surface area (Å²) in [6.07, 6.45) is 1.01. The van der Waals surface area contributed by atoms with Gasteiger partial charge in [0.25, 0.3) is 0 Å². The van der Waals surface area contributed by atoms with Crippen LogP contribution in [0.5, 0.6) is 0 Å². The molecule has 0 spiro atoms. The summed E-state index contributed by atoms with van der Waals surface area (Å²) in [7, 11) is -1.78. The van der Waals surface area contributed by atoms with Crippen molar-refractivity contribution in [2.75, 3.05) is 11.4 Å². The molecule has 0 radical (unpaired) electrons. The van der Waals surface area contributed by atoms with Gasteiger partial charge in [0.2, 0.25) is 0 Å². The van der Waals surface area contributed by atoms with E-state index in [1.54, 1.807) is 6.07 Å². The van der Waals surface area contributed by atoms with Crippen LogP contribution in [0.3, 0.4) is 0 Å². The Morgan fingerprint density at radius 1 is 1.15 bits per heavy atom. The largest absolute Gasteiger partial charge is 0.491 e. The summed E-state index contributed by atoms with van der Waals surface area (Å²) in [6, 6.07) is 12.7. The maximum atomic E-state index is 13.4. The van der Waals surface area contributed by atoms with Crippen molar-refractivity contribution >= 4 is 18.3 Å². The number of halogens is 1. The molecule has 0 fully saturated rings. The molecule has 20 heavy (non-hydrogen) atoms. The van der Waals surface area contributed by atoms with Crippen molar-refractivity contribution in [1.82, 2.24) is 0 Å². The maximum absolute atomic E-state index is 13.4. The highest BCUT2D eigenvalue weighted by molar-refractivity contribution is 6.58. The smallest absolute Gasteiger partial charge is 0.423 e. The standard InChI is InChI=1S/C15H15BFNO2/c17-14-6-5-11(9-13(14)16(19)20)10-18-8-7-12-3-1-2-4-15(12)18/h1-6,9,19-20H,7-8,10H2. The van der Waals surface area contributed by atoms with E-state index in [4.69, 9.17) is 10.0 Å². The van der Waals surface area contributed by atoms with Crippen LogP contribution in [0.1, 0.15) is 11.1 Å². The first-order valence-electron chi connectivity index (χ1n) is 6.62. The van der Waals surface area contributed by atoms with E-state index in [0.29, 0.717) is 6.54 Å². The Morgan fingerprint density at radius 3 is 2.75 bits per heavy atom. The lowest BCUT2D eigenvalue weighted by molar-refractivity contribution is 0.423. The minimum absolute atomic E-state index is 0.0741. The number of para-hydroxylation sites is 1. The lowest BCUT2D eigenvalue weighted by atomic mass is 9.79. The molecule has 3 nitrogen and oxygen atoms in total. The second-order valence-electron chi connectivity index (χ2n) is 5.03. The predicted molar refractivity (Wildman–Crippen MR) is 77.4 cm³/mol. The first-order chi connectivity index (χ1) is 9.65. The molecule has 1 aliphatic heterocycles. The van der Waals surface area contributed by atoms with Gasteiger partial charge in [-0.3, -0.25) is 0 Å². The monoisotopic (exact) mass is 271 g/mol. The van der Waals surface area contributed by atoms with Crippen molar-refractivity contribution in [2.24, 2.45) is 0 Å². The second-order valence-corrected chi connectivity index (χ2v) is 5.03. The molecular formula is C15H15BFNO2. The summed E-state index contributed by atoms with van der Waals surface area (Å²) in [5.74, 6) is -0.592. The molecular weight excluding hydrogens is 256 g/mol. The molecule has 2 aromatic carbocycles. The average molecular weight is 271 g/mol. The van der Waals surface area contributed by atoms with Crippen molar-refractivity contribution in [2.45, 2.75) is 13.0 Å². The Balaban J connectivity index is 1.84. The van der Waals surface area contributed by atoms with Crippen LogP contribution in [0.4, 0.5) is 10.1 Å². The Hall–Kier alpha value is -1.85. The van der Waals surface area contributed by atoms with E-state index in [1.165, 1.54) is 23.4 Å². The Morgan fingerprint density at radius 2 is 1.95 bits per heavy atom. The SMILES string of the molecule is OB(O)c1cc(CN2CCc3ccccc32)ccc1F. The number of anilines is 1. The normalized spacial score (nSPS) is 13.4. The lowest BCUT2D eigenvalue weighted by Gasteiger charge is -2.20. The number of nitrogens with zero attached hydrogens (tertiary/aromatic N) is 1. The fourth-order valence-electron chi connectivity index (χ4n) is 2.68. The maximum Gasteiger partial charge on any atom is 0.491 e. The van der Waals surface area contributed by atoms with Gasteiger partial charge in [0.15, 0.2) is 0 Å². The van der Waals surface area contributed by atoms with Crippen LogP contribution >= 0.6 is 0 Å². The van der Waals surface area contributed by atoms with Crippen LogP contribution in [0.15, 0.2) is 42.5 Å². The summed E-state index contributed by atoms with van der Waals surface area (Å²) >= 11 is 0. The molecule has 5 heteroatoms. The van der Waals surface area contributed by atoms with E-state index >= 15 is 0 Å². The Labute approximate surface area is 117 Å². The Bertz CT molecular complexity index is 633. The van der Waals surface area contributed by atoms with E-state index in [1.807, 2.05) is 12.1 Å². The topological polar surface area (TPSA) is 43.7 Å². The first-order valence-corrected chi connectivity index (χ1v) is 6.62. The molecule has 3 rings (SSSR count). The third kappa shape index (κ3) is 2.42. The third-order valence-corrected chi connectivity index (χ3v) is 3.70. The molecule has 1 heterocycles. The molecule has 1 aliphatic rings. The van der Waals surface area contributed by atoms with Crippen molar-refractivity contribution in [3.05, 3.63) is 59.4 Å².